The summed E-state index contributed by atoms with van der Waals surface area (Å²) in [4.78, 5) is 12.2. The first kappa shape index (κ1) is 14.3. The molecule has 0 spiro atoms. The van der Waals surface area contributed by atoms with E-state index >= 15 is 0 Å². The molecule has 1 aliphatic rings. The Morgan fingerprint density at radius 2 is 1.90 bits per heavy atom. The van der Waals surface area contributed by atoms with Gasteiger partial charge in [0.25, 0.3) is 5.91 Å². The molecule has 1 N–H and O–H groups in total. The Hall–Kier alpha value is -1.65. The van der Waals surface area contributed by atoms with Crippen LogP contribution in [0.2, 0.25) is 10.2 Å². The predicted molar refractivity (Wildman–Crippen MR) is 81.7 cm³/mol. The van der Waals surface area contributed by atoms with Gasteiger partial charge in [-0.2, -0.15) is 5.10 Å². The van der Waals surface area contributed by atoms with E-state index in [2.05, 4.69) is 15.5 Å². The summed E-state index contributed by atoms with van der Waals surface area (Å²) in [5, 5.41) is 11.2. The Bertz CT molecular complexity index is 660. The summed E-state index contributed by atoms with van der Waals surface area (Å²) in [7, 11) is 0. The summed E-state index contributed by atoms with van der Waals surface area (Å²) in [6.45, 7) is 0. The van der Waals surface area contributed by atoms with Crippen molar-refractivity contribution in [1.82, 2.24) is 15.5 Å². The lowest BCUT2D eigenvalue weighted by Crippen LogP contribution is -2.45. The number of hydrogen-bond donors (Lipinski definition) is 1. The second kappa shape index (κ2) is 6.00. The van der Waals surface area contributed by atoms with Crippen molar-refractivity contribution >= 4 is 29.1 Å². The Balaban J connectivity index is 1.70. The summed E-state index contributed by atoms with van der Waals surface area (Å²) in [5.74, 6) is 0.110. The topological polar surface area (TPSA) is 54.9 Å². The van der Waals surface area contributed by atoms with Crippen molar-refractivity contribution < 1.29 is 4.79 Å². The number of carbonyl (C=O) groups excluding carboxylic acids is 1. The van der Waals surface area contributed by atoms with Gasteiger partial charge in [-0.15, -0.1) is 5.10 Å². The van der Waals surface area contributed by atoms with Gasteiger partial charge in [0.15, 0.2) is 5.15 Å². The number of amides is 1. The average molecular weight is 322 g/mol. The van der Waals surface area contributed by atoms with E-state index < -0.39 is 0 Å². The van der Waals surface area contributed by atoms with E-state index in [1.54, 1.807) is 6.07 Å². The molecule has 1 heterocycles. The van der Waals surface area contributed by atoms with E-state index in [0.29, 0.717) is 16.5 Å². The quantitative estimate of drug-likeness (QED) is 0.941. The van der Waals surface area contributed by atoms with Crippen molar-refractivity contribution in [2.45, 2.75) is 24.8 Å². The molecule has 1 aromatic heterocycles. The van der Waals surface area contributed by atoms with E-state index in [9.17, 15) is 4.79 Å². The van der Waals surface area contributed by atoms with E-state index in [-0.39, 0.29) is 17.1 Å². The molecule has 0 bridgehead atoms. The second-order valence-corrected chi connectivity index (χ2v) is 5.85. The van der Waals surface area contributed by atoms with Gasteiger partial charge in [0, 0.05) is 17.0 Å². The fourth-order valence-electron chi connectivity index (χ4n) is 2.51. The molecule has 21 heavy (non-hydrogen) atoms. The van der Waals surface area contributed by atoms with Crippen molar-refractivity contribution in [3.05, 3.63) is 57.8 Å². The van der Waals surface area contributed by atoms with Crippen LogP contribution in [0.25, 0.3) is 0 Å². The van der Waals surface area contributed by atoms with Crippen LogP contribution in [0.15, 0.2) is 36.5 Å². The van der Waals surface area contributed by atoms with Crippen molar-refractivity contribution in [1.29, 1.82) is 0 Å². The van der Waals surface area contributed by atoms with Crippen LogP contribution in [0.5, 0.6) is 0 Å². The van der Waals surface area contributed by atoms with Gasteiger partial charge in [-0.1, -0.05) is 35.3 Å². The number of carbonyl (C=O) groups is 1. The number of aromatic nitrogens is 2. The second-order valence-electron chi connectivity index (χ2n) is 5.05. The molecule has 0 aliphatic heterocycles. The van der Waals surface area contributed by atoms with Crippen molar-refractivity contribution in [3.8, 4) is 0 Å². The molecule has 4 nitrogen and oxygen atoms in total. The Kier molecular flexibility index (Phi) is 4.08. The van der Waals surface area contributed by atoms with E-state index in [4.69, 9.17) is 23.2 Å². The smallest absolute Gasteiger partial charge is 0.254 e. The van der Waals surface area contributed by atoms with Gasteiger partial charge in [0.1, 0.15) is 0 Å². The molecule has 1 saturated carbocycles. The number of halogens is 2. The molecule has 3 rings (SSSR count). The van der Waals surface area contributed by atoms with Crippen LogP contribution in [0.4, 0.5) is 0 Å². The van der Waals surface area contributed by atoms with Gasteiger partial charge in [-0.3, -0.25) is 4.79 Å². The van der Waals surface area contributed by atoms with Crippen LogP contribution >= 0.6 is 23.2 Å². The van der Waals surface area contributed by atoms with Crippen LogP contribution in [0, 0.1) is 0 Å². The van der Waals surface area contributed by atoms with Gasteiger partial charge in [-0.25, -0.2) is 0 Å². The SMILES string of the molecule is O=C(NC1CCC1c1ccc(Cl)cc1)c1ccnnc1Cl. The van der Waals surface area contributed by atoms with Crippen molar-refractivity contribution in [2.75, 3.05) is 0 Å². The maximum Gasteiger partial charge on any atom is 0.254 e. The molecule has 0 radical (unpaired) electrons. The maximum absolute atomic E-state index is 12.2. The highest BCUT2D eigenvalue weighted by atomic mass is 35.5. The first-order valence-corrected chi connectivity index (χ1v) is 7.44. The first-order valence-electron chi connectivity index (χ1n) is 6.68. The first-order chi connectivity index (χ1) is 10.1. The molecule has 0 saturated heterocycles. The third kappa shape index (κ3) is 3.01. The van der Waals surface area contributed by atoms with Crippen LogP contribution in [-0.4, -0.2) is 22.1 Å². The molecule has 2 atom stereocenters. The lowest BCUT2D eigenvalue weighted by molar-refractivity contribution is 0.0904. The standard InChI is InChI=1S/C15H13Cl2N3O/c16-10-3-1-9(2-4-10)11-5-6-13(11)19-15(21)12-7-8-18-20-14(12)17/h1-4,7-8,11,13H,5-6H2,(H,19,21). The van der Waals surface area contributed by atoms with Crippen LogP contribution < -0.4 is 5.32 Å². The molecule has 6 heteroatoms. The Morgan fingerprint density at radius 3 is 2.52 bits per heavy atom. The molecule has 108 valence electrons. The fourth-order valence-corrected chi connectivity index (χ4v) is 2.83. The summed E-state index contributed by atoms with van der Waals surface area (Å²) in [5.41, 5.74) is 1.54. The van der Waals surface area contributed by atoms with Gasteiger partial charge < -0.3 is 5.32 Å². The third-order valence-electron chi connectivity index (χ3n) is 3.81. The molecule has 1 amide bonds. The molecule has 1 fully saturated rings. The zero-order valence-electron chi connectivity index (χ0n) is 11.1. The molecule has 2 unspecified atom stereocenters. The summed E-state index contributed by atoms with van der Waals surface area (Å²) in [6, 6.07) is 9.44. The number of hydrogen-bond acceptors (Lipinski definition) is 3. The highest BCUT2D eigenvalue weighted by Gasteiger charge is 2.33. The summed E-state index contributed by atoms with van der Waals surface area (Å²) < 4.78 is 0. The minimum Gasteiger partial charge on any atom is -0.349 e. The van der Waals surface area contributed by atoms with Gasteiger partial charge in [-0.05, 0) is 36.6 Å². The molecule has 1 aromatic carbocycles. The van der Waals surface area contributed by atoms with Gasteiger partial charge >= 0.3 is 0 Å². The molecular formula is C15H13Cl2N3O. The molecular weight excluding hydrogens is 309 g/mol. The lowest BCUT2D eigenvalue weighted by atomic mass is 9.75. The largest absolute Gasteiger partial charge is 0.349 e. The minimum absolute atomic E-state index is 0.114. The van der Waals surface area contributed by atoms with Crippen LogP contribution in [-0.2, 0) is 0 Å². The highest BCUT2D eigenvalue weighted by molar-refractivity contribution is 6.32. The zero-order valence-corrected chi connectivity index (χ0v) is 12.6. The third-order valence-corrected chi connectivity index (χ3v) is 4.34. The number of rotatable bonds is 3. The number of benzene rings is 1. The normalized spacial score (nSPS) is 20.7. The maximum atomic E-state index is 12.2. The van der Waals surface area contributed by atoms with Crippen molar-refractivity contribution in [3.63, 3.8) is 0 Å². The summed E-state index contributed by atoms with van der Waals surface area (Å²) in [6.07, 6.45) is 3.46. The fraction of sp³-hybridized carbons (Fsp3) is 0.267. The average Bonchev–Trinajstić information content (AvgIpc) is 2.46. The number of nitrogens with zero attached hydrogens (tertiary/aromatic N) is 2. The summed E-state index contributed by atoms with van der Waals surface area (Å²) >= 11 is 11.8. The Morgan fingerprint density at radius 1 is 1.14 bits per heavy atom. The lowest BCUT2D eigenvalue weighted by Gasteiger charge is -2.37. The van der Waals surface area contributed by atoms with Crippen molar-refractivity contribution in [2.24, 2.45) is 0 Å². The van der Waals surface area contributed by atoms with Gasteiger partial charge in [0.05, 0.1) is 11.8 Å². The highest BCUT2D eigenvalue weighted by Crippen LogP contribution is 2.37. The molecule has 2 aromatic rings. The predicted octanol–water partition coefficient (Wildman–Crippen LogP) is 3.46. The zero-order chi connectivity index (χ0) is 14.8. The molecule has 1 aliphatic carbocycles. The monoisotopic (exact) mass is 321 g/mol. The van der Waals surface area contributed by atoms with E-state index in [1.807, 2.05) is 24.3 Å². The van der Waals surface area contributed by atoms with E-state index in [0.717, 1.165) is 12.8 Å². The minimum atomic E-state index is -0.210. The van der Waals surface area contributed by atoms with Crippen LogP contribution in [0.1, 0.15) is 34.7 Å². The van der Waals surface area contributed by atoms with Crippen LogP contribution in [0.3, 0.4) is 0 Å². The van der Waals surface area contributed by atoms with Gasteiger partial charge in [0.2, 0.25) is 0 Å². The van der Waals surface area contributed by atoms with E-state index in [1.165, 1.54) is 11.8 Å². The number of nitrogens with one attached hydrogen (secondary N) is 1. The Labute approximate surface area is 132 Å².